The van der Waals surface area contributed by atoms with Crippen LogP contribution in [-0.2, 0) is 21.2 Å². The predicted molar refractivity (Wildman–Crippen MR) is 108 cm³/mol. The zero-order valence-corrected chi connectivity index (χ0v) is 16.6. The second-order valence-corrected chi connectivity index (χ2v) is 8.23. The summed E-state index contributed by atoms with van der Waals surface area (Å²) in [4.78, 5) is 12.5. The van der Waals surface area contributed by atoms with E-state index in [1.54, 1.807) is 12.1 Å². The highest BCUT2D eigenvalue weighted by molar-refractivity contribution is 7.89. The van der Waals surface area contributed by atoms with Gasteiger partial charge in [-0.3, -0.25) is 4.79 Å². The van der Waals surface area contributed by atoms with Crippen LogP contribution >= 0.6 is 0 Å². The normalized spacial score (nSPS) is 12.6. The Balaban J connectivity index is 2.01. The molecule has 0 bridgehead atoms. The molecule has 0 saturated carbocycles. The first kappa shape index (κ1) is 21.1. The minimum atomic E-state index is -3.63. The van der Waals surface area contributed by atoms with Crippen molar-refractivity contribution in [3.8, 4) is 0 Å². The third-order valence-electron chi connectivity index (χ3n) is 4.31. The molecular formula is C20H27N3O3S. The van der Waals surface area contributed by atoms with Crippen LogP contribution in [0.1, 0.15) is 37.3 Å². The second kappa shape index (κ2) is 9.64. The van der Waals surface area contributed by atoms with Crippen LogP contribution in [0.5, 0.6) is 0 Å². The zero-order valence-electron chi connectivity index (χ0n) is 15.7. The first-order chi connectivity index (χ1) is 12.9. The van der Waals surface area contributed by atoms with Crippen molar-refractivity contribution >= 4 is 21.6 Å². The number of rotatable bonds is 9. The van der Waals surface area contributed by atoms with Gasteiger partial charge in [0.1, 0.15) is 0 Å². The molecule has 0 spiro atoms. The molecule has 0 saturated heterocycles. The van der Waals surface area contributed by atoms with Crippen molar-refractivity contribution in [1.29, 1.82) is 0 Å². The van der Waals surface area contributed by atoms with E-state index in [0.717, 1.165) is 12.0 Å². The highest BCUT2D eigenvalue weighted by Crippen LogP contribution is 2.21. The zero-order chi connectivity index (χ0) is 19.9. The van der Waals surface area contributed by atoms with E-state index >= 15 is 0 Å². The molecule has 146 valence electrons. The molecule has 0 aliphatic heterocycles. The fourth-order valence-corrected chi connectivity index (χ4v) is 3.80. The summed E-state index contributed by atoms with van der Waals surface area (Å²) >= 11 is 0. The Labute approximate surface area is 161 Å². The van der Waals surface area contributed by atoms with Crippen molar-refractivity contribution in [3.05, 3.63) is 59.7 Å². The highest BCUT2D eigenvalue weighted by atomic mass is 32.2. The molecule has 2 aromatic rings. The first-order valence-corrected chi connectivity index (χ1v) is 10.5. The quantitative estimate of drug-likeness (QED) is 0.613. The summed E-state index contributed by atoms with van der Waals surface area (Å²) in [6.45, 7) is 4.48. The third kappa shape index (κ3) is 6.16. The van der Waals surface area contributed by atoms with Crippen LogP contribution in [0.25, 0.3) is 0 Å². The van der Waals surface area contributed by atoms with E-state index in [1.807, 2.05) is 19.1 Å². The average Bonchev–Trinajstić information content (AvgIpc) is 2.66. The molecular weight excluding hydrogens is 362 g/mol. The summed E-state index contributed by atoms with van der Waals surface area (Å²) in [6, 6.07) is 14.4. The fraction of sp³-hybridized carbons (Fsp3) is 0.350. The molecule has 1 atom stereocenters. The Bertz CT molecular complexity index is 864. The number of nitrogens with two attached hydrogens (primary N) is 1. The Morgan fingerprint density at radius 3 is 2.48 bits per heavy atom. The topological polar surface area (TPSA) is 101 Å². The lowest BCUT2D eigenvalue weighted by molar-refractivity contribution is -0.116. The van der Waals surface area contributed by atoms with Crippen LogP contribution in [0, 0.1) is 0 Å². The lowest BCUT2D eigenvalue weighted by Gasteiger charge is -2.13. The van der Waals surface area contributed by atoms with E-state index in [4.69, 9.17) is 5.73 Å². The number of carbonyl (C=O) groups excluding carboxylic acids is 1. The maximum atomic E-state index is 12.4. The van der Waals surface area contributed by atoms with E-state index in [0.29, 0.717) is 12.1 Å². The Kier molecular flexibility index (Phi) is 7.53. The number of amides is 1. The van der Waals surface area contributed by atoms with Crippen molar-refractivity contribution in [2.45, 2.75) is 37.5 Å². The molecule has 1 amide bonds. The van der Waals surface area contributed by atoms with Gasteiger partial charge in [-0.05, 0) is 41.7 Å². The van der Waals surface area contributed by atoms with Gasteiger partial charge in [0.2, 0.25) is 15.9 Å². The number of sulfonamides is 1. The van der Waals surface area contributed by atoms with Crippen molar-refractivity contribution in [2.24, 2.45) is 5.73 Å². The molecule has 2 aromatic carbocycles. The molecule has 7 heteroatoms. The number of anilines is 1. The Hall–Kier alpha value is -2.22. The predicted octanol–water partition coefficient (Wildman–Crippen LogP) is 2.62. The molecule has 0 aliphatic rings. The summed E-state index contributed by atoms with van der Waals surface area (Å²) in [6.07, 6.45) is 1.29. The molecule has 0 aromatic heterocycles. The van der Waals surface area contributed by atoms with E-state index in [1.165, 1.54) is 17.7 Å². The minimum Gasteiger partial charge on any atom is -0.329 e. The fourth-order valence-electron chi connectivity index (χ4n) is 2.71. The van der Waals surface area contributed by atoms with Gasteiger partial charge in [-0.25, -0.2) is 13.1 Å². The van der Waals surface area contributed by atoms with Gasteiger partial charge in [0.05, 0.1) is 4.90 Å². The van der Waals surface area contributed by atoms with Gasteiger partial charge in [-0.15, -0.1) is 0 Å². The van der Waals surface area contributed by atoms with Crippen LogP contribution in [0.3, 0.4) is 0 Å². The summed E-state index contributed by atoms with van der Waals surface area (Å²) in [5.41, 5.74) is 8.15. The van der Waals surface area contributed by atoms with Crippen LogP contribution in [-0.4, -0.2) is 27.4 Å². The number of hydrogen-bond donors (Lipinski definition) is 3. The summed E-state index contributed by atoms with van der Waals surface area (Å²) < 4.78 is 26.7. The number of hydrogen-bond acceptors (Lipinski definition) is 4. The van der Waals surface area contributed by atoms with Crippen LogP contribution in [0.2, 0.25) is 0 Å². The summed E-state index contributed by atoms with van der Waals surface area (Å²) in [7, 11) is -3.63. The smallest absolute Gasteiger partial charge is 0.240 e. The molecule has 0 fully saturated rings. The molecule has 1 unspecified atom stereocenters. The summed E-state index contributed by atoms with van der Waals surface area (Å²) in [5, 5.41) is 2.78. The number of benzene rings is 2. The molecule has 0 aliphatic carbocycles. The van der Waals surface area contributed by atoms with Gasteiger partial charge in [0, 0.05) is 25.2 Å². The van der Waals surface area contributed by atoms with E-state index in [9.17, 15) is 13.2 Å². The number of carbonyl (C=O) groups is 1. The average molecular weight is 390 g/mol. The minimum absolute atomic E-state index is 0.0639. The molecule has 2 rings (SSSR count). The largest absolute Gasteiger partial charge is 0.329 e. The van der Waals surface area contributed by atoms with Gasteiger partial charge in [-0.1, -0.05) is 44.2 Å². The molecule has 4 N–H and O–H groups in total. The molecule has 27 heavy (non-hydrogen) atoms. The Morgan fingerprint density at radius 1 is 1.15 bits per heavy atom. The maximum absolute atomic E-state index is 12.4. The molecule has 0 heterocycles. The van der Waals surface area contributed by atoms with Crippen LogP contribution in [0.15, 0.2) is 53.4 Å². The van der Waals surface area contributed by atoms with Crippen molar-refractivity contribution in [3.63, 3.8) is 0 Å². The van der Waals surface area contributed by atoms with Gasteiger partial charge in [0.15, 0.2) is 0 Å². The van der Waals surface area contributed by atoms with Crippen LogP contribution in [0.4, 0.5) is 5.69 Å². The SMILES string of the molecule is CCc1ccc(C(C)CC(=O)Nc2cccc(S(=O)(=O)NCCN)c2)cc1. The number of aryl methyl sites for hydroxylation is 1. The first-order valence-electron chi connectivity index (χ1n) is 9.04. The highest BCUT2D eigenvalue weighted by Gasteiger charge is 2.15. The second-order valence-electron chi connectivity index (χ2n) is 6.46. The summed E-state index contributed by atoms with van der Waals surface area (Å²) in [5.74, 6) is -0.0967. The third-order valence-corrected chi connectivity index (χ3v) is 5.77. The van der Waals surface area contributed by atoms with E-state index < -0.39 is 10.0 Å². The van der Waals surface area contributed by atoms with Gasteiger partial charge >= 0.3 is 0 Å². The lowest BCUT2D eigenvalue weighted by atomic mass is 9.96. The monoisotopic (exact) mass is 389 g/mol. The molecule has 6 nitrogen and oxygen atoms in total. The van der Waals surface area contributed by atoms with Gasteiger partial charge < -0.3 is 11.1 Å². The standard InChI is InChI=1S/C20H27N3O3S/c1-3-16-7-9-17(10-8-16)15(2)13-20(24)23-18-5-4-6-19(14-18)27(25,26)22-12-11-21/h4-10,14-15,22H,3,11-13,21H2,1-2H3,(H,23,24). The maximum Gasteiger partial charge on any atom is 0.240 e. The number of nitrogens with one attached hydrogen (secondary N) is 2. The Morgan fingerprint density at radius 2 is 1.85 bits per heavy atom. The van der Waals surface area contributed by atoms with E-state index in [2.05, 4.69) is 29.1 Å². The van der Waals surface area contributed by atoms with Crippen molar-refractivity contribution in [1.82, 2.24) is 4.72 Å². The van der Waals surface area contributed by atoms with Gasteiger partial charge in [0.25, 0.3) is 0 Å². The van der Waals surface area contributed by atoms with Crippen LogP contribution < -0.4 is 15.8 Å². The van der Waals surface area contributed by atoms with E-state index in [-0.39, 0.29) is 29.8 Å². The lowest BCUT2D eigenvalue weighted by Crippen LogP contribution is -2.29. The molecule has 0 radical (unpaired) electrons. The van der Waals surface area contributed by atoms with Crippen molar-refractivity contribution in [2.75, 3.05) is 18.4 Å². The van der Waals surface area contributed by atoms with Gasteiger partial charge in [-0.2, -0.15) is 0 Å². The van der Waals surface area contributed by atoms with Crippen molar-refractivity contribution < 1.29 is 13.2 Å².